The van der Waals surface area contributed by atoms with Crippen LogP contribution in [-0.4, -0.2) is 47.2 Å². The van der Waals surface area contributed by atoms with Crippen molar-refractivity contribution in [1.82, 2.24) is 25.7 Å². The number of amides is 1. The molecule has 4 rings (SSSR count). The maximum Gasteiger partial charge on any atom is 0.272 e. The molecule has 138 valence electrons. The molecule has 1 saturated heterocycles. The zero-order chi connectivity index (χ0) is 17.9. The Bertz CT molecular complexity index is 761. The van der Waals surface area contributed by atoms with Gasteiger partial charge in [-0.05, 0) is 38.4 Å². The molecule has 3 heterocycles. The van der Waals surface area contributed by atoms with Crippen LogP contribution in [0.15, 0.2) is 24.3 Å². The van der Waals surface area contributed by atoms with E-state index in [1.54, 1.807) is 0 Å². The van der Waals surface area contributed by atoms with Crippen LogP contribution in [0.4, 0.5) is 0 Å². The number of carbonyl (C=O) groups is 1. The lowest BCUT2D eigenvalue weighted by molar-refractivity contribution is 0.0931. The van der Waals surface area contributed by atoms with E-state index in [1.165, 1.54) is 24.0 Å². The van der Waals surface area contributed by atoms with E-state index in [1.807, 2.05) is 0 Å². The van der Waals surface area contributed by atoms with Crippen LogP contribution in [-0.2, 0) is 13.0 Å². The summed E-state index contributed by atoms with van der Waals surface area (Å²) >= 11 is 0. The highest BCUT2D eigenvalue weighted by atomic mass is 16.1. The number of fused-ring (bicyclic) bond motifs is 1. The van der Waals surface area contributed by atoms with Crippen molar-refractivity contribution in [2.45, 2.75) is 38.8 Å². The van der Waals surface area contributed by atoms with Crippen molar-refractivity contribution in [1.29, 1.82) is 0 Å². The Labute approximate surface area is 154 Å². The predicted molar refractivity (Wildman–Crippen MR) is 101 cm³/mol. The van der Waals surface area contributed by atoms with Crippen molar-refractivity contribution in [3.8, 4) is 0 Å². The molecule has 2 aromatic rings. The average molecular weight is 353 g/mol. The minimum atomic E-state index is -0.0810. The summed E-state index contributed by atoms with van der Waals surface area (Å²) in [6.45, 7) is 6.54. The third-order valence-electron chi connectivity index (χ3n) is 5.52. The van der Waals surface area contributed by atoms with Crippen LogP contribution in [0, 0.1) is 6.92 Å². The first-order chi connectivity index (χ1) is 12.7. The van der Waals surface area contributed by atoms with Crippen LogP contribution in [0.1, 0.15) is 51.8 Å². The van der Waals surface area contributed by atoms with Crippen LogP contribution in [0.25, 0.3) is 0 Å². The van der Waals surface area contributed by atoms with Gasteiger partial charge in [0.2, 0.25) is 0 Å². The SMILES string of the molecule is Cc1ccc(C(CNC(=O)c2n[nH]c3c2CNCC3)N2CCCC2)cc1. The number of hydrogen-bond acceptors (Lipinski definition) is 4. The molecular formula is C20H27N5O. The Hall–Kier alpha value is -2.18. The van der Waals surface area contributed by atoms with E-state index in [4.69, 9.17) is 0 Å². The lowest BCUT2D eigenvalue weighted by atomic mass is 10.0. The van der Waals surface area contributed by atoms with E-state index in [2.05, 4.69) is 56.9 Å². The second-order valence-electron chi connectivity index (χ2n) is 7.34. The Balaban J connectivity index is 1.48. The van der Waals surface area contributed by atoms with Gasteiger partial charge in [0, 0.05) is 37.3 Å². The number of H-pyrrole nitrogens is 1. The van der Waals surface area contributed by atoms with Crippen molar-refractivity contribution in [2.75, 3.05) is 26.2 Å². The number of likely N-dealkylation sites (tertiary alicyclic amines) is 1. The summed E-state index contributed by atoms with van der Waals surface area (Å²) in [4.78, 5) is 15.2. The molecule has 1 aromatic carbocycles. The number of aromatic amines is 1. The van der Waals surface area contributed by atoms with Gasteiger partial charge in [0.25, 0.3) is 5.91 Å². The minimum absolute atomic E-state index is 0.0810. The molecule has 6 heteroatoms. The van der Waals surface area contributed by atoms with Crippen molar-refractivity contribution < 1.29 is 4.79 Å². The maximum atomic E-state index is 12.7. The second kappa shape index (κ2) is 7.60. The molecule has 1 fully saturated rings. The predicted octanol–water partition coefficient (Wildman–Crippen LogP) is 1.93. The van der Waals surface area contributed by atoms with E-state index in [0.717, 1.165) is 37.3 Å². The fraction of sp³-hybridized carbons (Fsp3) is 0.500. The lowest BCUT2D eigenvalue weighted by Crippen LogP contribution is -2.37. The van der Waals surface area contributed by atoms with E-state index < -0.39 is 0 Å². The Morgan fingerprint density at radius 1 is 1.27 bits per heavy atom. The van der Waals surface area contributed by atoms with Crippen molar-refractivity contribution in [2.24, 2.45) is 0 Å². The van der Waals surface area contributed by atoms with Gasteiger partial charge in [0.1, 0.15) is 0 Å². The van der Waals surface area contributed by atoms with E-state index in [-0.39, 0.29) is 11.9 Å². The normalized spacial score (nSPS) is 18.5. The highest BCUT2D eigenvalue weighted by molar-refractivity contribution is 5.94. The number of aromatic nitrogens is 2. The highest BCUT2D eigenvalue weighted by Gasteiger charge is 2.26. The second-order valence-corrected chi connectivity index (χ2v) is 7.34. The Morgan fingerprint density at radius 2 is 2.04 bits per heavy atom. The Kier molecular flexibility index (Phi) is 5.04. The quantitative estimate of drug-likeness (QED) is 0.768. The maximum absolute atomic E-state index is 12.7. The molecule has 2 aliphatic heterocycles. The number of benzene rings is 1. The summed E-state index contributed by atoms with van der Waals surface area (Å²) < 4.78 is 0. The van der Waals surface area contributed by atoms with Gasteiger partial charge >= 0.3 is 0 Å². The molecule has 0 saturated carbocycles. The summed E-state index contributed by atoms with van der Waals surface area (Å²) in [5, 5.41) is 13.7. The summed E-state index contributed by atoms with van der Waals surface area (Å²) in [6.07, 6.45) is 3.36. The zero-order valence-corrected chi connectivity index (χ0v) is 15.3. The van der Waals surface area contributed by atoms with Crippen molar-refractivity contribution in [3.05, 3.63) is 52.3 Å². The minimum Gasteiger partial charge on any atom is -0.349 e. The zero-order valence-electron chi connectivity index (χ0n) is 15.3. The highest BCUT2D eigenvalue weighted by Crippen LogP contribution is 2.25. The fourth-order valence-electron chi connectivity index (χ4n) is 3.99. The molecule has 0 aliphatic carbocycles. The molecule has 0 radical (unpaired) electrons. The largest absolute Gasteiger partial charge is 0.349 e. The van der Waals surface area contributed by atoms with Crippen molar-refractivity contribution in [3.63, 3.8) is 0 Å². The lowest BCUT2D eigenvalue weighted by Gasteiger charge is -2.28. The van der Waals surface area contributed by atoms with Crippen molar-refractivity contribution >= 4 is 5.91 Å². The van der Waals surface area contributed by atoms with Gasteiger partial charge in [-0.2, -0.15) is 5.10 Å². The molecule has 3 N–H and O–H groups in total. The third-order valence-corrected chi connectivity index (χ3v) is 5.52. The molecule has 0 spiro atoms. The number of nitrogens with one attached hydrogen (secondary N) is 3. The van der Waals surface area contributed by atoms with Crippen LogP contribution in [0.3, 0.4) is 0 Å². The first-order valence-corrected chi connectivity index (χ1v) is 9.58. The smallest absolute Gasteiger partial charge is 0.272 e. The third kappa shape index (κ3) is 3.52. The first kappa shape index (κ1) is 17.2. The summed E-state index contributed by atoms with van der Waals surface area (Å²) in [5.41, 5.74) is 5.17. The molecule has 6 nitrogen and oxygen atoms in total. The topological polar surface area (TPSA) is 73.0 Å². The van der Waals surface area contributed by atoms with Gasteiger partial charge < -0.3 is 10.6 Å². The van der Waals surface area contributed by atoms with Gasteiger partial charge in [-0.1, -0.05) is 29.8 Å². The Morgan fingerprint density at radius 3 is 2.81 bits per heavy atom. The fourth-order valence-corrected chi connectivity index (χ4v) is 3.99. The monoisotopic (exact) mass is 353 g/mol. The van der Waals surface area contributed by atoms with E-state index in [0.29, 0.717) is 18.8 Å². The van der Waals surface area contributed by atoms with Crippen LogP contribution >= 0.6 is 0 Å². The standard InChI is InChI=1S/C20H27N5O/c1-14-4-6-15(7-5-14)18(25-10-2-3-11-25)13-22-20(26)19-16-12-21-9-8-17(16)23-24-19/h4-7,18,21H,2-3,8-13H2,1H3,(H,22,26)(H,23,24). The molecule has 2 aliphatic rings. The summed E-state index contributed by atoms with van der Waals surface area (Å²) in [6, 6.07) is 8.89. The molecule has 1 unspecified atom stereocenters. The van der Waals surface area contributed by atoms with Gasteiger partial charge in [-0.15, -0.1) is 0 Å². The summed E-state index contributed by atoms with van der Waals surface area (Å²) in [7, 11) is 0. The molecule has 1 amide bonds. The van der Waals surface area contributed by atoms with E-state index in [9.17, 15) is 4.79 Å². The van der Waals surface area contributed by atoms with Gasteiger partial charge in [0.15, 0.2) is 5.69 Å². The van der Waals surface area contributed by atoms with Crippen LogP contribution < -0.4 is 10.6 Å². The van der Waals surface area contributed by atoms with Gasteiger partial charge in [-0.3, -0.25) is 14.8 Å². The number of aryl methyl sites for hydroxylation is 1. The molecular weight excluding hydrogens is 326 g/mol. The van der Waals surface area contributed by atoms with Gasteiger partial charge in [-0.25, -0.2) is 0 Å². The number of carbonyl (C=O) groups excluding carboxylic acids is 1. The number of nitrogens with zero attached hydrogens (tertiary/aromatic N) is 2. The number of rotatable bonds is 5. The molecule has 0 bridgehead atoms. The average Bonchev–Trinajstić information content (AvgIpc) is 3.33. The van der Waals surface area contributed by atoms with Crippen LogP contribution in [0.5, 0.6) is 0 Å². The van der Waals surface area contributed by atoms with Gasteiger partial charge in [0.05, 0.1) is 6.04 Å². The molecule has 1 aromatic heterocycles. The van der Waals surface area contributed by atoms with E-state index >= 15 is 0 Å². The molecule has 26 heavy (non-hydrogen) atoms. The van der Waals surface area contributed by atoms with Crippen LogP contribution in [0.2, 0.25) is 0 Å². The first-order valence-electron chi connectivity index (χ1n) is 9.58. The number of hydrogen-bond donors (Lipinski definition) is 3. The summed E-state index contributed by atoms with van der Waals surface area (Å²) in [5.74, 6) is -0.0810. The molecule has 1 atom stereocenters.